The van der Waals surface area contributed by atoms with Crippen LogP contribution >= 0.6 is 11.8 Å². The minimum absolute atomic E-state index is 0.167. The second-order valence-corrected chi connectivity index (χ2v) is 8.43. The second kappa shape index (κ2) is 6.89. The Kier molecular flexibility index (Phi) is 5.40. The number of carbonyl (C=O) groups is 1. The van der Waals surface area contributed by atoms with Crippen LogP contribution in [0.5, 0.6) is 0 Å². The van der Waals surface area contributed by atoms with Crippen LogP contribution in [0, 0.1) is 5.82 Å². The lowest BCUT2D eigenvalue weighted by atomic mass is 10.1. The highest BCUT2D eigenvalue weighted by Gasteiger charge is 2.30. The molecule has 1 saturated heterocycles. The van der Waals surface area contributed by atoms with Gasteiger partial charge in [-0.1, -0.05) is 12.1 Å². The van der Waals surface area contributed by atoms with Crippen molar-refractivity contribution in [3.05, 3.63) is 35.6 Å². The Morgan fingerprint density at radius 3 is 2.90 bits per heavy atom. The molecule has 1 aromatic carbocycles. The second-order valence-electron chi connectivity index (χ2n) is 5.08. The van der Waals surface area contributed by atoms with Gasteiger partial charge in [0.15, 0.2) is 15.6 Å². The van der Waals surface area contributed by atoms with Crippen LogP contribution in [0.25, 0.3) is 0 Å². The predicted octanol–water partition coefficient (Wildman–Crippen LogP) is 1.82. The molecule has 0 spiro atoms. The molecule has 0 saturated carbocycles. The Hall–Kier alpha value is -0.920. The zero-order valence-electron chi connectivity index (χ0n) is 11.8. The molecule has 1 unspecified atom stereocenters. The summed E-state index contributed by atoms with van der Waals surface area (Å²) in [5.74, 6) is 0.789. The van der Waals surface area contributed by atoms with E-state index in [4.69, 9.17) is 0 Å². The minimum atomic E-state index is -3.16. The van der Waals surface area contributed by atoms with E-state index in [1.54, 1.807) is 17.8 Å². The van der Waals surface area contributed by atoms with E-state index in [0.717, 1.165) is 5.75 Å². The van der Waals surface area contributed by atoms with Gasteiger partial charge in [0.25, 0.3) is 0 Å². The fourth-order valence-corrected chi connectivity index (χ4v) is 5.29. The maximum absolute atomic E-state index is 13.1. The molecule has 0 N–H and O–H groups in total. The SMILES string of the molecule is CS(=O)(=O)C1CSCCN1CCC(=O)c1cccc(F)c1. The third kappa shape index (κ3) is 4.52. The normalized spacial score (nSPS) is 20.4. The van der Waals surface area contributed by atoms with E-state index in [-0.39, 0.29) is 12.2 Å². The minimum Gasteiger partial charge on any atom is -0.294 e. The molecule has 21 heavy (non-hydrogen) atoms. The van der Waals surface area contributed by atoms with Crippen LogP contribution < -0.4 is 0 Å². The highest BCUT2D eigenvalue weighted by molar-refractivity contribution is 8.00. The van der Waals surface area contributed by atoms with Gasteiger partial charge in [0.2, 0.25) is 0 Å². The summed E-state index contributed by atoms with van der Waals surface area (Å²) in [6, 6.07) is 5.58. The Bertz CT molecular complexity index is 618. The summed E-state index contributed by atoms with van der Waals surface area (Å²) in [6.07, 6.45) is 1.42. The van der Waals surface area contributed by atoms with Crippen molar-refractivity contribution >= 4 is 27.4 Å². The third-order valence-electron chi connectivity index (χ3n) is 3.46. The summed E-state index contributed by atoms with van der Waals surface area (Å²) in [7, 11) is -3.16. The van der Waals surface area contributed by atoms with E-state index in [0.29, 0.717) is 24.4 Å². The third-order valence-corrected chi connectivity index (χ3v) is 6.14. The first-order valence-corrected chi connectivity index (χ1v) is 9.78. The van der Waals surface area contributed by atoms with Gasteiger partial charge in [0, 0.05) is 42.8 Å². The first-order chi connectivity index (χ1) is 9.88. The number of halogens is 1. The van der Waals surface area contributed by atoms with Crippen LogP contribution in [0.3, 0.4) is 0 Å². The van der Waals surface area contributed by atoms with Crippen LogP contribution in [0.1, 0.15) is 16.8 Å². The van der Waals surface area contributed by atoms with E-state index in [2.05, 4.69) is 0 Å². The highest BCUT2D eigenvalue weighted by atomic mass is 32.2. The molecule has 4 nitrogen and oxygen atoms in total. The lowest BCUT2D eigenvalue weighted by Gasteiger charge is -2.33. The van der Waals surface area contributed by atoms with E-state index >= 15 is 0 Å². The molecule has 0 radical (unpaired) electrons. The Morgan fingerprint density at radius 1 is 1.48 bits per heavy atom. The van der Waals surface area contributed by atoms with Crippen molar-refractivity contribution in [1.82, 2.24) is 4.90 Å². The molecular weight excluding hydrogens is 313 g/mol. The number of hydrogen-bond donors (Lipinski definition) is 0. The average molecular weight is 331 g/mol. The van der Waals surface area contributed by atoms with Gasteiger partial charge in [0.1, 0.15) is 11.2 Å². The van der Waals surface area contributed by atoms with Crippen LogP contribution in [-0.4, -0.2) is 55.3 Å². The maximum atomic E-state index is 13.1. The van der Waals surface area contributed by atoms with E-state index in [1.165, 1.54) is 24.5 Å². The molecule has 2 rings (SSSR count). The molecule has 0 bridgehead atoms. The number of ketones is 1. The molecule has 0 aromatic heterocycles. The first-order valence-electron chi connectivity index (χ1n) is 6.67. The number of carbonyl (C=O) groups excluding carboxylic acids is 1. The number of thioether (sulfide) groups is 1. The van der Waals surface area contributed by atoms with Gasteiger partial charge in [-0.3, -0.25) is 9.69 Å². The molecule has 1 atom stereocenters. The summed E-state index contributed by atoms with van der Waals surface area (Å²) in [6.45, 7) is 1.03. The first kappa shape index (κ1) is 16.5. The molecule has 1 aliphatic heterocycles. The van der Waals surface area contributed by atoms with Crippen LogP contribution in [-0.2, 0) is 9.84 Å². The van der Waals surface area contributed by atoms with Gasteiger partial charge < -0.3 is 0 Å². The summed E-state index contributed by atoms with van der Waals surface area (Å²) in [5.41, 5.74) is 0.331. The number of rotatable bonds is 5. The van der Waals surface area contributed by atoms with Crippen molar-refractivity contribution < 1.29 is 17.6 Å². The van der Waals surface area contributed by atoms with Crippen LogP contribution in [0.4, 0.5) is 4.39 Å². The molecule has 0 aliphatic carbocycles. The van der Waals surface area contributed by atoms with Gasteiger partial charge in [-0.15, -0.1) is 0 Å². The van der Waals surface area contributed by atoms with Crippen molar-refractivity contribution in [3.8, 4) is 0 Å². The fraction of sp³-hybridized carbons (Fsp3) is 0.500. The maximum Gasteiger partial charge on any atom is 0.164 e. The largest absolute Gasteiger partial charge is 0.294 e. The van der Waals surface area contributed by atoms with Crippen molar-refractivity contribution in [2.24, 2.45) is 0 Å². The average Bonchev–Trinajstić information content (AvgIpc) is 2.44. The van der Waals surface area contributed by atoms with Gasteiger partial charge in [-0.2, -0.15) is 11.8 Å². The van der Waals surface area contributed by atoms with E-state index in [1.807, 2.05) is 4.90 Å². The Labute approximate surface area is 128 Å². The molecular formula is C14H18FNO3S2. The van der Waals surface area contributed by atoms with Crippen molar-refractivity contribution in [2.45, 2.75) is 11.8 Å². The smallest absolute Gasteiger partial charge is 0.164 e. The highest BCUT2D eigenvalue weighted by Crippen LogP contribution is 2.20. The quantitative estimate of drug-likeness (QED) is 0.771. The lowest BCUT2D eigenvalue weighted by molar-refractivity contribution is 0.0962. The van der Waals surface area contributed by atoms with E-state index < -0.39 is 21.0 Å². The van der Waals surface area contributed by atoms with Gasteiger partial charge in [0.05, 0.1) is 0 Å². The zero-order valence-corrected chi connectivity index (χ0v) is 13.4. The van der Waals surface area contributed by atoms with E-state index in [9.17, 15) is 17.6 Å². The number of nitrogens with zero attached hydrogens (tertiary/aromatic N) is 1. The molecule has 116 valence electrons. The molecule has 1 fully saturated rings. The summed E-state index contributed by atoms with van der Waals surface area (Å²) in [4.78, 5) is 13.9. The van der Waals surface area contributed by atoms with Gasteiger partial charge in [-0.25, -0.2) is 12.8 Å². The molecule has 7 heteroatoms. The molecule has 1 aromatic rings. The number of Topliss-reactive ketones (excluding diaryl/α,β-unsaturated/α-hetero) is 1. The Balaban J connectivity index is 1.99. The molecule has 0 amide bonds. The zero-order chi connectivity index (χ0) is 15.5. The van der Waals surface area contributed by atoms with Crippen LogP contribution in [0.2, 0.25) is 0 Å². The number of hydrogen-bond acceptors (Lipinski definition) is 5. The fourth-order valence-electron chi connectivity index (χ4n) is 2.32. The number of benzene rings is 1. The number of sulfone groups is 1. The topological polar surface area (TPSA) is 54.5 Å². The van der Waals surface area contributed by atoms with Gasteiger partial charge in [-0.05, 0) is 12.1 Å². The Morgan fingerprint density at radius 2 is 2.24 bits per heavy atom. The van der Waals surface area contributed by atoms with Crippen molar-refractivity contribution in [3.63, 3.8) is 0 Å². The molecule has 1 heterocycles. The van der Waals surface area contributed by atoms with Crippen molar-refractivity contribution in [2.75, 3.05) is 30.9 Å². The summed E-state index contributed by atoms with van der Waals surface area (Å²) < 4.78 is 36.6. The summed E-state index contributed by atoms with van der Waals surface area (Å²) in [5, 5.41) is -0.531. The monoisotopic (exact) mass is 331 g/mol. The predicted molar refractivity (Wildman–Crippen MR) is 82.9 cm³/mol. The van der Waals surface area contributed by atoms with Gasteiger partial charge >= 0.3 is 0 Å². The standard InChI is InChI=1S/C14H18FNO3S2/c1-21(18,19)14-10-20-8-7-16(14)6-5-13(17)11-3-2-4-12(15)9-11/h2-4,9,14H,5-8,10H2,1H3. The summed E-state index contributed by atoms with van der Waals surface area (Å²) >= 11 is 1.61. The molecule has 1 aliphatic rings. The van der Waals surface area contributed by atoms with Crippen LogP contribution in [0.15, 0.2) is 24.3 Å². The van der Waals surface area contributed by atoms with Crippen molar-refractivity contribution in [1.29, 1.82) is 0 Å². The lowest BCUT2D eigenvalue weighted by Crippen LogP contribution is -2.47.